The lowest BCUT2D eigenvalue weighted by Crippen LogP contribution is -2.18. The second-order valence-corrected chi connectivity index (χ2v) is 6.47. The molecule has 0 atom stereocenters. The molecule has 0 aliphatic rings. The van der Waals surface area contributed by atoms with Crippen LogP contribution in [-0.4, -0.2) is 19.3 Å². The number of hydrogen-bond donors (Lipinski definition) is 2. The van der Waals surface area contributed by atoms with E-state index in [1.807, 2.05) is 30.3 Å². The van der Waals surface area contributed by atoms with Gasteiger partial charge in [0.15, 0.2) is 0 Å². The fraction of sp³-hybridized carbons (Fsp3) is 0.200. The van der Waals surface area contributed by atoms with E-state index in [0.717, 1.165) is 5.56 Å². The van der Waals surface area contributed by atoms with Crippen molar-refractivity contribution in [1.29, 1.82) is 0 Å². The zero-order chi connectivity index (χ0) is 14.6. The van der Waals surface area contributed by atoms with Crippen LogP contribution in [-0.2, 0) is 16.4 Å². The Hall–Kier alpha value is -2.01. The molecule has 2 aromatic carbocycles. The Morgan fingerprint density at radius 1 is 1.05 bits per heavy atom. The molecular formula is C15H17NO3S. The minimum atomic E-state index is -3.49. The highest BCUT2D eigenvalue weighted by molar-refractivity contribution is 7.92. The highest BCUT2D eigenvalue weighted by Crippen LogP contribution is 2.27. The summed E-state index contributed by atoms with van der Waals surface area (Å²) in [6, 6.07) is 14.3. The van der Waals surface area contributed by atoms with E-state index in [1.165, 1.54) is 6.07 Å². The van der Waals surface area contributed by atoms with Crippen LogP contribution in [0, 0.1) is 6.92 Å². The molecule has 0 amide bonds. The van der Waals surface area contributed by atoms with Crippen LogP contribution in [0.3, 0.4) is 0 Å². The first-order valence-electron chi connectivity index (χ1n) is 6.31. The lowest BCUT2D eigenvalue weighted by atomic mass is 10.2. The number of benzene rings is 2. The maximum atomic E-state index is 12.1. The van der Waals surface area contributed by atoms with E-state index in [4.69, 9.17) is 0 Å². The third kappa shape index (κ3) is 3.74. The predicted octanol–water partition coefficient (Wildman–Crippen LogP) is 2.69. The number of nitrogens with one attached hydrogen (secondary N) is 1. The van der Waals surface area contributed by atoms with E-state index in [2.05, 4.69) is 4.72 Å². The average molecular weight is 291 g/mol. The van der Waals surface area contributed by atoms with Crippen LogP contribution >= 0.6 is 0 Å². The lowest BCUT2D eigenvalue weighted by Gasteiger charge is -2.12. The fourth-order valence-corrected chi connectivity index (χ4v) is 3.07. The molecule has 0 unspecified atom stereocenters. The number of para-hydroxylation sites is 1. The summed E-state index contributed by atoms with van der Waals surface area (Å²) < 4.78 is 26.6. The van der Waals surface area contributed by atoms with Crippen LogP contribution in [0.1, 0.15) is 11.1 Å². The van der Waals surface area contributed by atoms with Crippen LogP contribution in [0.15, 0.2) is 48.5 Å². The lowest BCUT2D eigenvalue weighted by molar-refractivity contribution is 0.477. The Bertz CT molecular complexity index is 661. The molecule has 2 rings (SSSR count). The van der Waals surface area contributed by atoms with Crippen molar-refractivity contribution < 1.29 is 13.5 Å². The van der Waals surface area contributed by atoms with Gasteiger partial charge in [0.1, 0.15) is 5.75 Å². The van der Waals surface area contributed by atoms with Crippen LogP contribution < -0.4 is 4.72 Å². The topological polar surface area (TPSA) is 66.4 Å². The van der Waals surface area contributed by atoms with E-state index in [-0.39, 0.29) is 17.2 Å². The van der Waals surface area contributed by atoms with Crippen LogP contribution in [0.4, 0.5) is 5.69 Å². The number of sulfonamides is 1. The molecule has 0 saturated carbocycles. The third-order valence-electron chi connectivity index (χ3n) is 3.01. The Balaban J connectivity index is 2.08. The molecule has 0 aromatic heterocycles. The van der Waals surface area contributed by atoms with Gasteiger partial charge in [0, 0.05) is 0 Å². The number of aromatic hydroxyl groups is 1. The molecule has 0 heterocycles. The van der Waals surface area contributed by atoms with Gasteiger partial charge in [-0.05, 0) is 30.5 Å². The van der Waals surface area contributed by atoms with Gasteiger partial charge in [-0.25, -0.2) is 8.42 Å². The monoisotopic (exact) mass is 291 g/mol. The SMILES string of the molecule is Cc1cccc(O)c1NS(=O)(=O)CCc1ccccc1. The number of phenols is 1. The molecule has 2 aromatic rings. The molecule has 20 heavy (non-hydrogen) atoms. The standard InChI is InChI=1S/C15H17NO3S/c1-12-6-5-9-14(17)15(12)16-20(18,19)11-10-13-7-3-2-4-8-13/h2-9,16-17H,10-11H2,1H3. The van der Waals surface area contributed by atoms with Gasteiger partial charge >= 0.3 is 0 Å². The Morgan fingerprint density at radius 2 is 1.75 bits per heavy atom. The summed E-state index contributed by atoms with van der Waals surface area (Å²) >= 11 is 0. The molecule has 2 N–H and O–H groups in total. The Labute approximate surface area is 119 Å². The normalized spacial score (nSPS) is 11.2. The van der Waals surface area contributed by atoms with Gasteiger partial charge in [0.05, 0.1) is 11.4 Å². The molecule has 0 aliphatic heterocycles. The highest BCUT2D eigenvalue weighted by atomic mass is 32.2. The zero-order valence-corrected chi connectivity index (χ0v) is 12.0. The Morgan fingerprint density at radius 3 is 2.40 bits per heavy atom. The number of aryl methyl sites for hydroxylation is 2. The second kappa shape index (κ2) is 5.96. The molecule has 0 saturated heterocycles. The highest BCUT2D eigenvalue weighted by Gasteiger charge is 2.14. The summed E-state index contributed by atoms with van der Waals surface area (Å²) in [6.45, 7) is 1.74. The largest absolute Gasteiger partial charge is 0.506 e. The molecule has 106 valence electrons. The molecule has 0 bridgehead atoms. The number of anilines is 1. The predicted molar refractivity (Wildman–Crippen MR) is 80.4 cm³/mol. The molecular weight excluding hydrogens is 274 g/mol. The van der Waals surface area contributed by atoms with E-state index < -0.39 is 10.0 Å². The summed E-state index contributed by atoms with van der Waals surface area (Å²) in [5.74, 6) is -0.0848. The maximum Gasteiger partial charge on any atom is 0.233 e. The first-order valence-corrected chi connectivity index (χ1v) is 7.96. The van der Waals surface area contributed by atoms with Crippen molar-refractivity contribution in [3.63, 3.8) is 0 Å². The summed E-state index contributed by atoms with van der Waals surface area (Å²) in [5, 5.41) is 9.71. The fourth-order valence-electron chi connectivity index (χ4n) is 1.89. The first kappa shape index (κ1) is 14.4. The van der Waals surface area contributed by atoms with Crippen molar-refractivity contribution >= 4 is 15.7 Å². The number of rotatable bonds is 5. The van der Waals surface area contributed by atoms with Gasteiger partial charge in [0.2, 0.25) is 10.0 Å². The summed E-state index contributed by atoms with van der Waals surface area (Å²) in [5.41, 5.74) is 1.90. The zero-order valence-electron chi connectivity index (χ0n) is 11.2. The van der Waals surface area contributed by atoms with Gasteiger partial charge in [-0.1, -0.05) is 42.5 Å². The third-order valence-corrected chi connectivity index (χ3v) is 4.27. The van der Waals surface area contributed by atoms with Gasteiger partial charge in [0.25, 0.3) is 0 Å². The van der Waals surface area contributed by atoms with Crippen LogP contribution in [0.25, 0.3) is 0 Å². The summed E-state index contributed by atoms with van der Waals surface area (Å²) in [6.07, 6.45) is 0.433. The molecule has 4 nitrogen and oxygen atoms in total. The number of hydrogen-bond acceptors (Lipinski definition) is 3. The quantitative estimate of drug-likeness (QED) is 0.832. The minimum absolute atomic E-state index is 0.0230. The molecule has 0 fully saturated rings. The maximum absolute atomic E-state index is 12.1. The molecule has 0 spiro atoms. The second-order valence-electron chi connectivity index (χ2n) is 4.63. The van der Waals surface area contributed by atoms with Gasteiger partial charge in [-0.2, -0.15) is 0 Å². The Kier molecular flexibility index (Phi) is 4.29. The average Bonchev–Trinajstić information content (AvgIpc) is 2.42. The van der Waals surface area contributed by atoms with Crippen molar-refractivity contribution in [3.8, 4) is 5.75 Å². The van der Waals surface area contributed by atoms with E-state index in [0.29, 0.717) is 12.0 Å². The molecule has 0 aliphatic carbocycles. The van der Waals surface area contributed by atoms with E-state index >= 15 is 0 Å². The van der Waals surface area contributed by atoms with Gasteiger partial charge < -0.3 is 5.11 Å². The summed E-state index contributed by atoms with van der Waals surface area (Å²) in [7, 11) is -3.49. The van der Waals surface area contributed by atoms with Crippen LogP contribution in [0.2, 0.25) is 0 Å². The van der Waals surface area contributed by atoms with Crippen molar-refractivity contribution in [2.45, 2.75) is 13.3 Å². The van der Waals surface area contributed by atoms with Gasteiger partial charge in [-0.3, -0.25) is 4.72 Å². The summed E-state index contributed by atoms with van der Waals surface area (Å²) in [4.78, 5) is 0. The van der Waals surface area contributed by atoms with Crippen molar-refractivity contribution in [3.05, 3.63) is 59.7 Å². The number of phenolic OH excluding ortho intramolecular Hbond substituents is 1. The van der Waals surface area contributed by atoms with E-state index in [1.54, 1.807) is 19.1 Å². The van der Waals surface area contributed by atoms with E-state index in [9.17, 15) is 13.5 Å². The smallest absolute Gasteiger partial charge is 0.233 e. The van der Waals surface area contributed by atoms with Crippen molar-refractivity contribution in [2.75, 3.05) is 10.5 Å². The molecule has 0 radical (unpaired) electrons. The first-order chi connectivity index (χ1) is 9.48. The minimum Gasteiger partial charge on any atom is -0.506 e. The van der Waals surface area contributed by atoms with Crippen LogP contribution in [0.5, 0.6) is 5.75 Å². The molecule has 5 heteroatoms. The van der Waals surface area contributed by atoms with Gasteiger partial charge in [-0.15, -0.1) is 0 Å². The van der Waals surface area contributed by atoms with Crippen molar-refractivity contribution in [1.82, 2.24) is 0 Å². The van der Waals surface area contributed by atoms with Crippen molar-refractivity contribution in [2.24, 2.45) is 0 Å².